The molecular formula is C24H27ClN4O4S2. The molecule has 1 N–H and O–H groups in total. The SMILES string of the molecule is CCn1c(SCC(=O)Nc2sc3c(c2C(=O)OC)CCC3)nnc1C(C)Oc1ccc(Cl)cc1C. The van der Waals surface area contributed by atoms with Gasteiger partial charge in [-0.05, 0) is 69.4 Å². The first-order chi connectivity index (χ1) is 16.8. The third-order valence-corrected chi connectivity index (χ3v) is 8.17. The summed E-state index contributed by atoms with van der Waals surface area (Å²) < 4.78 is 13.0. The summed E-state index contributed by atoms with van der Waals surface area (Å²) in [4.78, 5) is 26.2. The molecule has 1 amide bonds. The zero-order valence-electron chi connectivity index (χ0n) is 20.0. The van der Waals surface area contributed by atoms with Gasteiger partial charge in [-0.2, -0.15) is 0 Å². The molecule has 35 heavy (non-hydrogen) atoms. The Labute approximate surface area is 217 Å². The van der Waals surface area contributed by atoms with Crippen molar-refractivity contribution in [3.05, 3.63) is 50.6 Å². The van der Waals surface area contributed by atoms with Crippen LogP contribution in [0.15, 0.2) is 23.4 Å². The van der Waals surface area contributed by atoms with Gasteiger partial charge in [-0.3, -0.25) is 4.79 Å². The highest BCUT2D eigenvalue weighted by molar-refractivity contribution is 7.99. The van der Waals surface area contributed by atoms with E-state index in [-0.39, 0.29) is 17.8 Å². The Bertz CT molecular complexity index is 1260. The normalized spacial score (nSPS) is 13.4. The number of amides is 1. The first-order valence-corrected chi connectivity index (χ1v) is 13.5. The van der Waals surface area contributed by atoms with Crippen LogP contribution in [0.2, 0.25) is 5.02 Å². The second kappa shape index (κ2) is 11.0. The van der Waals surface area contributed by atoms with Crippen LogP contribution in [0.25, 0.3) is 0 Å². The molecule has 186 valence electrons. The van der Waals surface area contributed by atoms with Crippen LogP contribution in [-0.4, -0.2) is 39.5 Å². The number of esters is 1. The maximum atomic E-state index is 12.8. The first-order valence-electron chi connectivity index (χ1n) is 11.3. The maximum Gasteiger partial charge on any atom is 0.341 e. The number of fused-ring (bicyclic) bond motifs is 1. The molecule has 1 atom stereocenters. The van der Waals surface area contributed by atoms with Crippen molar-refractivity contribution < 1.29 is 19.1 Å². The summed E-state index contributed by atoms with van der Waals surface area (Å²) in [6.45, 7) is 6.47. The van der Waals surface area contributed by atoms with Gasteiger partial charge in [0.2, 0.25) is 5.91 Å². The fourth-order valence-corrected chi connectivity index (χ4v) is 6.43. The van der Waals surface area contributed by atoms with E-state index < -0.39 is 5.97 Å². The lowest BCUT2D eigenvalue weighted by atomic mass is 10.1. The van der Waals surface area contributed by atoms with E-state index in [9.17, 15) is 9.59 Å². The fourth-order valence-electron chi connectivity index (χ4n) is 4.10. The van der Waals surface area contributed by atoms with E-state index in [1.165, 1.54) is 30.2 Å². The van der Waals surface area contributed by atoms with Gasteiger partial charge in [-0.25, -0.2) is 4.79 Å². The van der Waals surface area contributed by atoms with Crippen molar-refractivity contribution in [2.75, 3.05) is 18.2 Å². The molecule has 0 fully saturated rings. The Morgan fingerprint density at radius 2 is 2.11 bits per heavy atom. The number of halogens is 1. The van der Waals surface area contributed by atoms with Gasteiger partial charge in [0.15, 0.2) is 17.1 Å². The van der Waals surface area contributed by atoms with Crippen molar-refractivity contribution >= 4 is 51.6 Å². The van der Waals surface area contributed by atoms with Gasteiger partial charge in [-0.15, -0.1) is 21.5 Å². The average Bonchev–Trinajstić information content (AvgIpc) is 3.53. The van der Waals surface area contributed by atoms with Crippen LogP contribution < -0.4 is 10.1 Å². The van der Waals surface area contributed by atoms with Gasteiger partial charge in [0, 0.05) is 16.4 Å². The molecule has 0 aliphatic heterocycles. The van der Waals surface area contributed by atoms with Gasteiger partial charge >= 0.3 is 5.97 Å². The van der Waals surface area contributed by atoms with Gasteiger partial charge in [0.05, 0.1) is 18.4 Å². The highest BCUT2D eigenvalue weighted by Crippen LogP contribution is 2.39. The van der Waals surface area contributed by atoms with E-state index in [0.29, 0.717) is 33.1 Å². The summed E-state index contributed by atoms with van der Waals surface area (Å²) in [6.07, 6.45) is 2.43. The highest BCUT2D eigenvalue weighted by Gasteiger charge is 2.28. The molecule has 2 aromatic heterocycles. The summed E-state index contributed by atoms with van der Waals surface area (Å²) in [6, 6.07) is 5.47. The second-order valence-corrected chi connectivity index (χ2v) is 10.6. The van der Waals surface area contributed by atoms with Crippen LogP contribution in [0.5, 0.6) is 5.75 Å². The molecule has 1 unspecified atom stereocenters. The van der Waals surface area contributed by atoms with Crippen LogP contribution in [0, 0.1) is 6.92 Å². The second-order valence-electron chi connectivity index (χ2n) is 8.14. The molecule has 0 saturated heterocycles. The van der Waals surface area contributed by atoms with E-state index in [4.69, 9.17) is 21.1 Å². The Balaban J connectivity index is 1.42. The Morgan fingerprint density at radius 3 is 2.83 bits per heavy atom. The molecule has 0 spiro atoms. The first kappa shape index (κ1) is 25.5. The van der Waals surface area contributed by atoms with E-state index in [2.05, 4.69) is 15.5 Å². The topological polar surface area (TPSA) is 95.3 Å². The number of methoxy groups -OCH3 is 1. The number of benzene rings is 1. The summed E-state index contributed by atoms with van der Waals surface area (Å²) >= 11 is 8.80. The van der Waals surface area contributed by atoms with Crippen molar-refractivity contribution in [1.29, 1.82) is 0 Å². The lowest BCUT2D eigenvalue weighted by Crippen LogP contribution is -2.17. The number of hydrogen-bond donors (Lipinski definition) is 1. The Kier molecular flexibility index (Phi) is 8.03. The van der Waals surface area contributed by atoms with Crippen LogP contribution in [0.1, 0.15) is 58.6 Å². The number of aryl methyl sites for hydroxylation is 2. The summed E-state index contributed by atoms with van der Waals surface area (Å²) in [7, 11) is 1.36. The summed E-state index contributed by atoms with van der Waals surface area (Å²) in [5, 5.41) is 13.4. The Morgan fingerprint density at radius 1 is 1.31 bits per heavy atom. The number of aromatic nitrogens is 3. The number of thioether (sulfide) groups is 1. The number of rotatable bonds is 9. The molecule has 0 radical (unpaired) electrons. The van der Waals surface area contributed by atoms with Crippen molar-refractivity contribution in [2.24, 2.45) is 0 Å². The standard InChI is InChI=1S/C24H27ClN4O4S2/c1-5-29-21(14(3)33-17-10-9-15(25)11-13(17)2)27-28-24(29)34-12-19(30)26-22-20(23(31)32-4)16-7-6-8-18(16)35-22/h9-11,14H,5-8,12H2,1-4H3,(H,26,30). The molecule has 1 aliphatic rings. The van der Waals surface area contributed by atoms with E-state index in [1.807, 2.05) is 37.5 Å². The van der Waals surface area contributed by atoms with Crippen molar-refractivity contribution in [3.8, 4) is 5.75 Å². The third-order valence-electron chi connectivity index (χ3n) is 5.76. The Hall–Kier alpha value is -2.56. The maximum absolute atomic E-state index is 12.8. The van der Waals surface area contributed by atoms with Crippen LogP contribution in [0.3, 0.4) is 0 Å². The van der Waals surface area contributed by atoms with Crippen LogP contribution in [-0.2, 0) is 28.9 Å². The van der Waals surface area contributed by atoms with Gasteiger partial charge < -0.3 is 19.4 Å². The van der Waals surface area contributed by atoms with Crippen LogP contribution >= 0.6 is 34.7 Å². The number of carbonyl (C=O) groups is 2. The van der Waals surface area contributed by atoms with E-state index >= 15 is 0 Å². The lowest BCUT2D eigenvalue weighted by molar-refractivity contribution is -0.113. The molecule has 8 nitrogen and oxygen atoms in total. The number of thiophene rings is 1. The number of ether oxygens (including phenoxy) is 2. The van der Waals surface area contributed by atoms with Crippen LogP contribution in [0.4, 0.5) is 5.00 Å². The van der Waals surface area contributed by atoms with Crippen molar-refractivity contribution in [2.45, 2.75) is 57.8 Å². The predicted octanol–water partition coefficient (Wildman–Crippen LogP) is 5.47. The number of hydrogen-bond acceptors (Lipinski definition) is 8. The fraction of sp³-hybridized carbons (Fsp3) is 0.417. The molecule has 0 bridgehead atoms. The molecule has 11 heteroatoms. The third kappa shape index (κ3) is 5.49. The van der Waals surface area contributed by atoms with Crippen molar-refractivity contribution in [3.63, 3.8) is 0 Å². The minimum Gasteiger partial charge on any atom is -0.482 e. The zero-order chi connectivity index (χ0) is 25.1. The zero-order valence-corrected chi connectivity index (χ0v) is 22.4. The number of anilines is 1. The average molecular weight is 535 g/mol. The smallest absolute Gasteiger partial charge is 0.341 e. The predicted molar refractivity (Wildman–Crippen MR) is 138 cm³/mol. The molecule has 4 rings (SSSR count). The number of nitrogens with one attached hydrogen (secondary N) is 1. The minimum atomic E-state index is -0.410. The van der Waals surface area contributed by atoms with Gasteiger partial charge in [0.1, 0.15) is 10.8 Å². The molecule has 0 saturated carbocycles. The molecule has 3 aromatic rings. The van der Waals surface area contributed by atoms with Gasteiger partial charge in [-0.1, -0.05) is 23.4 Å². The minimum absolute atomic E-state index is 0.132. The molecular weight excluding hydrogens is 508 g/mol. The van der Waals surface area contributed by atoms with E-state index in [1.54, 1.807) is 6.07 Å². The summed E-state index contributed by atoms with van der Waals surface area (Å²) in [5.74, 6) is 0.908. The summed E-state index contributed by atoms with van der Waals surface area (Å²) in [5.41, 5.74) is 2.43. The lowest BCUT2D eigenvalue weighted by Gasteiger charge is -2.17. The molecule has 1 aromatic carbocycles. The van der Waals surface area contributed by atoms with Gasteiger partial charge in [0.25, 0.3) is 0 Å². The molecule has 2 heterocycles. The molecule has 1 aliphatic carbocycles. The van der Waals surface area contributed by atoms with E-state index in [0.717, 1.165) is 41.0 Å². The quantitative estimate of drug-likeness (QED) is 0.287. The number of carbonyl (C=O) groups excluding carboxylic acids is 2. The van der Waals surface area contributed by atoms with Crippen molar-refractivity contribution in [1.82, 2.24) is 14.8 Å². The highest BCUT2D eigenvalue weighted by atomic mass is 35.5. The monoisotopic (exact) mass is 534 g/mol. The largest absolute Gasteiger partial charge is 0.482 e. The number of nitrogens with zero attached hydrogens (tertiary/aromatic N) is 3.